The van der Waals surface area contributed by atoms with Gasteiger partial charge in [-0.25, -0.2) is 0 Å². The van der Waals surface area contributed by atoms with Gasteiger partial charge < -0.3 is 15.5 Å². The van der Waals surface area contributed by atoms with Crippen molar-refractivity contribution in [1.29, 1.82) is 0 Å². The standard InChI is InChI=1S/C18H26N6O2S/c1-27-16-5-3-2-4-14(16)11-23-12-15(24(25)26)17(22-18(23)19)21-10-13-6-8-20-9-7-13/h2-5,12-13,18,20H,6-11,19H2,1H3,(H,21,22). The van der Waals surface area contributed by atoms with Crippen LogP contribution in [-0.4, -0.2) is 47.8 Å². The minimum absolute atomic E-state index is 0.0349. The van der Waals surface area contributed by atoms with Crippen LogP contribution >= 0.6 is 11.8 Å². The number of piperidine rings is 1. The maximum Gasteiger partial charge on any atom is 0.326 e. The van der Waals surface area contributed by atoms with Gasteiger partial charge in [0, 0.05) is 18.0 Å². The van der Waals surface area contributed by atoms with Crippen LogP contribution in [0.3, 0.4) is 0 Å². The molecule has 0 saturated carbocycles. The number of amidine groups is 1. The van der Waals surface area contributed by atoms with Crippen molar-refractivity contribution in [3.05, 3.63) is 51.8 Å². The van der Waals surface area contributed by atoms with Crippen LogP contribution in [0.15, 0.2) is 46.1 Å². The maximum atomic E-state index is 11.6. The van der Waals surface area contributed by atoms with Gasteiger partial charge in [0.2, 0.25) is 5.84 Å². The van der Waals surface area contributed by atoms with Crippen molar-refractivity contribution in [3.63, 3.8) is 0 Å². The van der Waals surface area contributed by atoms with Gasteiger partial charge in [-0.1, -0.05) is 18.2 Å². The summed E-state index contributed by atoms with van der Waals surface area (Å²) in [6.07, 6.45) is 5.04. The van der Waals surface area contributed by atoms with Gasteiger partial charge in [-0.3, -0.25) is 20.8 Å². The smallest absolute Gasteiger partial charge is 0.326 e. The molecule has 146 valence electrons. The maximum absolute atomic E-state index is 11.6. The Morgan fingerprint density at radius 3 is 2.81 bits per heavy atom. The van der Waals surface area contributed by atoms with Crippen molar-refractivity contribution in [2.75, 3.05) is 25.9 Å². The van der Waals surface area contributed by atoms with Gasteiger partial charge >= 0.3 is 5.70 Å². The Morgan fingerprint density at radius 1 is 1.37 bits per heavy atom. The summed E-state index contributed by atoms with van der Waals surface area (Å²) >= 11 is 1.65. The van der Waals surface area contributed by atoms with Crippen LogP contribution in [0.2, 0.25) is 0 Å². The summed E-state index contributed by atoms with van der Waals surface area (Å²) < 4.78 is 0. The van der Waals surface area contributed by atoms with Crippen LogP contribution in [0.1, 0.15) is 18.4 Å². The molecule has 27 heavy (non-hydrogen) atoms. The van der Waals surface area contributed by atoms with E-state index in [4.69, 9.17) is 5.73 Å². The molecule has 2 heterocycles. The Labute approximate surface area is 163 Å². The molecule has 1 saturated heterocycles. The van der Waals surface area contributed by atoms with Crippen molar-refractivity contribution in [2.24, 2.45) is 16.6 Å². The van der Waals surface area contributed by atoms with Crippen molar-refractivity contribution < 1.29 is 4.92 Å². The molecule has 2 aliphatic heterocycles. The Balaban J connectivity index is 1.77. The van der Waals surface area contributed by atoms with E-state index in [1.54, 1.807) is 16.7 Å². The van der Waals surface area contributed by atoms with Gasteiger partial charge in [-0.15, -0.1) is 11.8 Å². The number of nitrogens with one attached hydrogen (secondary N) is 2. The fraction of sp³-hybridized carbons (Fsp3) is 0.500. The Bertz CT molecular complexity index is 732. The lowest BCUT2D eigenvalue weighted by Crippen LogP contribution is -2.56. The largest absolute Gasteiger partial charge is 0.335 e. The summed E-state index contributed by atoms with van der Waals surface area (Å²) in [6, 6.07) is 7.99. The van der Waals surface area contributed by atoms with Crippen LogP contribution in [0.5, 0.6) is 0 Å². The fourth-order valence-electron chi connectivity index (χ4n) is 3.31. The van der Waals surface area contributed by atoms with Gasteiger partial charge in [0.15, 0.2) is 6.29 Å². The number of benzene rings is 1. The number of thioether (sulfide) groups is 1. The second-order valence-electron chi connectivity index (χ2n) is 6.73. The van der Waals surface area contributed by atoms with Crippen LogP contribution < -0.4 is 16.4 Å². The van der Waals surface area contributed by atoms with Crippen molar-refractivity contribution in [3.8, 4) is 0 Å². The molecule has 0 aliphatic carbocycles. The lowest BCUT2D eigenvalue weighted by atomic mass is 9.98. The van der Waals surface area contributed by atoms with E-state index in [0.29, 0.717) is 19.0 Å². The normalized spacial score (nSPS) is 22.4. The number of nitro groups is 1. The van der Waals surface area contributed by atoms with Crippen LogP contribution in [0.25, 0.3) is 0 Å². The predicted octanol–water partition coefficient (Wildman–Crippen LogP) is 1.57. The van der Waals surface area contributed by atoms with E-state index in [-0.39, 0.29) is 11.5 Å². The highest BCUT2D eigenvalue weighted by Crippen LogP contribution is 2.23. The minimum atomic E-state index is -0.560. The minimum Gasteiger partial charge on any atom is -0.335 e. The molecular weight excluding hydrogens is 364 g/mol. The van der Waals surface area contributed by atoms with Gasteiger partial charge in [0.1, 0.15) is 0 Å². The van der Waals surface area contributed by atoms with Crippen molar-refractivity contribution in [1.82, 2.24) is 15.5 Å². The van der Waals surface area contributed by atoms with Gasteiger partial charge in [0.25, 0.3) is 0 Å². The van der Waals surface area contributed by atoms with E-state index in [1.807, 2.05) is 30.5 Å². The summed E-state index contributed by atoms with van der Waals surface area (Å²) in [7, 11) is 0. The van der Waals surface area contributed by atoms with Gasteiger partial charge in [-0.05, 0) is 49.7 Å². The van der Waals surface area contributed by atoms with E-state index in [9.17, 15) is 10.1 Å². The van der Waals surface area contributed by atoms with Crippen LogP contribution in [0.4, 0.5) is 0 Å². The monoisotopic (exact) mass is 390 g/mol. The molecule has 1 unspecified atom stereocenters. The number of hydrogen-bond donors (Lipinski definition) is 3. The van der Waals surface area contributed by atoms with E-state index in [2.05, 4.69) is 15.6 Å². The SMILES string of the molecule is CSc1ccccc1CN1C=C([N+](=O)[O-])C(=NCC2CCNCC2)NC1N. The van der Waals surface area contributed by atoms with E-state index < -0.39 is 11.2 Å². The highest BCUT2D eigenvalue weighted by atomic mass is 32.2. The second-order valence-corrected chi connectivity index (χ2v) is 7.58. The molecule has 0 spiro atoms. The molecule has 0 aromatic heterocycles. The molecule has 0 radical (unpaired) electrons. The number of aliphatic imine (C=N–C) groups is 1. The lowest BCUT2D eigenvalue weighted by molar-refractivity contribution is -0.417. The zero-order chi connectivity index (χ0) is 19.2. The molecule has 9 heteroatoms. The third-order valence-electron chi connectivity index (χ3n) is 4.88. The summed E-state index contributed by atoms with van der Waals surface area (Å²) in [6.45, 7) is 3.02. The van der Waals surface area contributed by atoms with Gasteiger partial charge in [-0.2, -0.15) is 0 Å². The molecule has 4 N–H and O–H groups in total. The zero-order valence-corrected chi connectivity index (χ0v) is 16.2. The third kappa shape index (κ3) is 5.00. The van der Waals surface area contributed by atoms with Crippen molar-refractivity contribution in [2.45, 2.75) is 30.6 Å². The topological polar surface area (TPSA) is 109 Å². The van der Waals surface area contributed by atoms with Crippen molar-refractivity contribution >= 4 is 17.6 Å². The Kier molecular flexibility index (Phi) is 6.70. The Morgan fingerprint density at radius 2 is 2.11 bits per heavy atom. The summed E-state index contributed by atoms with van der Waals surface area (Å²) in [5.74, 6) is 0.733. The molecule has 3 rings (SSSR count). The molecule has 1 fully saturated rings. The molecular formula is C18H26N6O2S. The lowest BCUT2D eigenvalue weighted by Gasteiger charge is -2.32. The van der Waals surface area contributed by atoms with Gasteiger partial charge in [0.05, 0.1) is 11.1 Å². The predicted molar refractivity (Wildman–Crippen MR) is 108 cm³/mol. The van der Waals surface area contributed by atoms with E-state index >= 15 is 0 Å². The first-order chi connectivity index (χ1) is 13.1. The first-order valence-corrected chi connectivity index (χ1v) is 10.3. The average Bonchev–Trinajstić information content (AvgIpc) is 2.69. The second kappa shape index (κ2) is 9.20. The zero-order valence-electron chi connectivity index (χ0n) is 15.4. The van der Waals surface area contributed by atoms with Crippen LogP contribution in [0, 0.1) is 16.0 Å². The number of hydrogen-bond acceptors (Lipinski definition) is 7. The van der Waals surface area contributed by atoms with E-state index in [1.165, 1.54) is 6.20 Å². The summed E-state index contributed by atoms with van der Waals surface area (Å²) in [5.41, 5.74) is 7.27. The molecule has 1 aromatic rings. The highest BCUT2D eigenvalue weighted by Gasteiger charge is 2.30. The molecule has 2 aliphatic rings. The molecule has 0 amide bonds. The molecule has 8 nitrogen and oxygen atoms in total. The average molecular weight is 391 g/mol. The fourth-order valence-corrected chi connectivity index (χ4v) is 3.92. The molecule has 1 aromatic carbocycles. The number of nitrogens with two attached hydrogens (primary N) is 1. The highest BCUT2D eigenvalue weighted by molar-refractivity contribution is 7.98. The third-order valence-corrected chi connectivity index (χ3v) is 5.72. The summed E-state index contributed by atoms with van der Waals surface area (Å²) in [5, 5.41) is 17.9. The van der Waals surface area contributed by atoms with Crippen LogP contribution in [-0.2, 0) is 6.54 Å². The summed E-state index contributed by atoms with van der Waals surface area (Å²) in [4.78, 5) is 18.6. The first-order valence-electron chi connectivity index (χ1n) is 9.10. The quantitative estimate of drug-likeness (QED) is 0.384. The number of rotatable bonds is 6. The Hall–Kier alpha value is -2.10. The van der Waals surface area contributed by atoms with E-state index in [0.717, 1.165) is 36.4 Å². The first kappa shape index (κ1) is 19.7. The molecule has 1 atom stereocenters. The molecule has 0 bridgehead atoms. The number of nitrogens with zero attached hydrogens (tertiary/aromatic N) is 3.